The fourth-order valence-electron chi connectivity index (χ4n) is 0.983. The van der Waals surface area contributed by atoms with Crippen molar-refractivity contribution < 1.29 is 18.4 Å². The third kappa shape index (κ3) is 2.45. The van der Waals surface area contributed by atoms with E-state index in [1.807, 2.05) is 0 Å². The molecule has 76 valence electrons. The second-order valence-electron chi connectivity index (χ2n) is 2.66. The minimum atomic E-state index is -4.41. The number of aryl methyl sites for hydroxylation is 1. The molecule has 0 amide bonds. The zero-order valence-electron chi connectivity index (χ0n) is 7.21. The summed E-state index contributed by atoms with van der Waals surface area (Å²) in [5.41, 5.74) is -0.616. The summed E-state index contributed by atoms with van der Waals surface area (Å²) in [5.74, 6) is 0. The molecule has 1 aromatic rings. The van der Waals surface area contributed by atoms with Gasteiger partial charge in [-0.1, -0.05) is 5.16 Å². The average Bonchev–Trinajstić information content (AvgIpc) is 2.02. The summed E-state index contributed by atoms with van der Waals surface area (Å²) in [6.45, 7) is 1.43. The molecular weight excluding hydrogens is 197 g/mol. The Morgan fingerprint density at radius 2 is 2.07 bits per heavy atom. The zero-order valence-corrected chi connectivity index (χ0v) is 7.21. The number of halogens is 3. The first-order valence-electron chi connectivity index (χ1n) is 3.67. The summed E-state index contributed by atoms with van der Waals surface area (Å²) in [7, 11) is 0. The minimum absolute atomic E-state index is 0.0279. The molecule has 0 atom stereocenters. The lowest BCUT2D eigenvalue weighted by atomic mass is 10.2. The normalized spacial score (nSPS) is 12.3. The van der Waals surface area contributed by atoms with Gasteiger partial charge >= 0.3 is 6.18 Å². The summed E-state index contributed by atoms with van der Waals surface area (Å²) < 4.78 is 36.8. The fraction of sp³-hybridized carbons (Fsp3) is 0.250. The topological polar surface area (TPSA) is 45.5 Å². The number of pyridine rings is 1. The van der Waals surface area contributed by atoms with Crippen molar-refractivity contribution in [1.82, 2.24) is 4.98 Å². The summed E-state index contributed by atoms with van der Waals surface area (Å²) in [4.78, 5) is 3.73. The van der Waals surface area contributed by atoms with Crippen LogP contribution < -0.4 is 0 Å². The van der Waals surface area contributed by atoms with E-state index in [0.717, 1.165) is 18.3 Å². The van der Waals surface area contributed by atoms with Crippen molar-refractivity contribution >= 4 is 6.21 Å². The maximum absolute atomic E-state index is 12.3. The lowest BCUT2D eigenvalue weighted by Gasteiger charge is -2.07. The van der Waals surface area contributed by atoms with Crippen LogP contribution in [0.2, 0.25) is 0 Å². The SMILES string of the molecule is Cc1cc(C(F)(F)F)cc(C=NO)n1. The Morgan fingerprint density at radius 3 is 2.57 bits per heavy atom. The van der Waals surface area contributed by atoms with Crippen molar-refractivity contribution in [3.63, 3.8) is 0 Å². The summed E-state index contributed by atoms with van der Waals surface area (Å²) in [6, 6.07) is 1.74. The van der Waals surface area contributed by atoms with Gasteiger partial charge in [0.15, 0.2) is 0 Å². The van der Waals surface area contributed by atoms with Crippen LogP contribution in [-0.2, 0) is 6.18 Å². The molecule has 0 radical (unpaired) electrons. The molecule has 1 rings (SSSR count). The lowest BCUT2D eigenvalue weighted by molar-refractivity contribution is -0.137. The van der Waals surface area contributed by atoms with E-state index in [1.54, 1.807) is 0 Å². The number of nitrogens with zero attached hydrogens (tertiary/aromatic N) is 2. The van der Waals surface area contributed by atoms with E-state index in [1.165, 1.54) is 6.92 Å². The van der Waals surface area contributed by atoms with Gasteiger partial charge in [0.1, 0.15) is 0 Å². The Morgan fingerprint density at radius 1 is 1.43 bits per heavy atom. The van der Waals surface area contributed by atoms with Crippen molar-refractivity contribution in [2.45, 2.75) is 13.1 Å². The predicted molar refractivity (Wildman–Crippen MR) is 43.4 cm³/mol. The molecule has 0 saturated heterocycles. The molecule has 14 heavy (non-hydrogen) atoms. The number of rotatable bonds is 1. The van der Waals surface area contributed by atoms with E-state index in [4.69, 9.17) is 5.21 Å². The zero-order chi connectivity index (χ0) is 10.8. The number of oxime groups is 1. The fourth-order valence-corrected chi connectivity index (χ4v) is 0.983. The van der Waals surface area contributed by atoms with Crippen LogP contribution in [0.5, 0.6) is 0 Å². The minimum Gasteiger partial charge on any atom is -0.411 e. The van der Waals surface area contributed by atoms with E-state index in [-0.39, 0.29) is 11.4 Å². The number of aromatic nitrogens is 1. The van der Waals surface area contributed by atoms with E-state index in [0.29, 0.717) is 0 Å². The lowest BCUT2D eigenvalue weighted by Crippen LogP contribution is -2.07. The Balaban J connectivity index is 3.20. The third-order valence-electron chi connectivity index (χ3n) is 1.49. The van der Waals surface area contributed by atoms with Gasteiger partial charge in [-0.15, -0.1) is 0 Å². The van der Waals surface area contributed by atoms with Crippen LogP contribution >= 0.6 is 0 Å². The van der Waals surface area contributed by atoms with Crippen LogP contribution in [-0.4, -0.2) is 16.4 Å². The van der Waals surface area contributed by atoms with Gasteiger partial charge in [0.2, 0.25) is 0 Å². The molecule has 3 nitrogen and oxygen atoms in total. The molecular formula is C8H7F3N2O. The molecule has 0 bridgehead atoms. The monoisotopic (exact) mass is 204 g/mol. The van der Waals surface area contributed by atoms with Gasteiger partial charge in [0.05, 0.1) is 17.5 Å². The van der Waals surface area contributed by atoms with Crippen LogP contribution in [0.25, 0.3) is 0 Å². The van der Waals surface area contributed by atoms with Crippen LogP contribution in [0.3, 0.4) is 0 Å². The standard InChI is InChI=1S/C8H7F3N2O/c1-5-2-6(8(9,10)11)3-7(13-5)4-12-14/h2-4,14H,1H3. The largest absolute Gasteiger partial charge is 0.416 e. The van der Waals surface area contributed by atoms with Gasteiger partial charge in [-0.2, -0.15) is 13.2 Å². The molecule has 0 spiro atoms. The van der Waals surface area contributed by atoms with Crippen molar-refractivity contribution in [1.29, 1.82) is 0 Å². The number of hydrogen-bond donors (Lipinski definition) is 1. The first-order chi connectivity index (χ1) is 6.43. The maximum Gasteiger partial charge on any atom is 0.416 e. The Hall–Kier alpha value is -1.59. The second kappa shape index (κ2) is 3.65. The molecule has 0 unspecified atom stereocenters. The first-order valence-corrected chi connectivity index (χ1v) is 3.67. The van der Waals surface area contributed by atoms with Gasteiger partial charge in [0, 0.05) is 5.69 Å². The van der Waals surface area contributed by atoms with Crippen LogP contribution in [0, 0.1) is 6.92 Å². The predicted octanol–water partition coefficient (Wildman–Crippen LogP) is 2.22. The molecule has 0 saturated carbocycles. The summed E-state index contributed by atoms with van der Waals surface area (Å²) in [6.07, 6.45) is -3.56. The molecule has 0 aliphatic rings. The van der Waals surface area contributed by atoms with E-state index in [2.05, 4.69) is 10.1 Å². The molecule has 1 heterocycles. The highest BCUT2D eigenvalue weighted by atomic mass is 19.4. The van der Waals surface area contributed by atoms with E-state index < -0.39 is 11.7 Å². The van der Waals surface area contributed by atoms with E-state index in [9.17, 15) is 13.2 Å². The van der Waals surface area contributed by atoms with Gasteiger partial charge in [-0.3, -0.25) is 4.98 Å². The van der Waals surface area contributed by atoms with Crippen molar-refractivity contribution in [2.75, 3.05) is 0 Å². The molecule has 0 fully saturated rings. The highest BCUT2D eigenvalue weighted by Gasteiger charge is 2.31. The quantitative estimate of drug-likeness (QED) is 0.433. The molecule has 0 aliphatic carbocycles. The second-order valence-corrected chi connectivity index (χ2v) is 2.66. The van der Waals surface area contributed by atoms with Crippen LogP contribution in [0.15, 0.2) is 17.3 Å². The van der Waals surface area contributed by atoms with Crippen LogP contribution in [0.1, 0.15) is 17.0 Å². The molecule has 0 aromatic carbocycles. The first kappa shape index (κ1) is 10.5. The Bertz CT molecular complexity index is 360. The smallest absolute Gasteiger partial charge is 0.411 e. The van der Waals surface area contributed by atoms with Gasteiger partial charge < -0.3 is 5.21 Å². The number of hydrogen-bond acceptors (Lipinski definition) is 3. The molecule has 6 heteroatoms. The highest BCUT2D eigenvalue weighted by Crippen LogP contribution is 2.29. The average molecular weight is 204 g/mol. The third-order valence-corrected chi connectivity index (χ3v) is 1.49. The molecule has 1 N–H and O–H groups in total. The number of alkyl halides is 3. The Labute approximate surface area is 77.9 Å². The van der Waals surface area contributed by atoms with Crippen LogP contribution in [0.4, 0.5) is 13.2 Å². The summed E-state index contributed by atoms with van der Waals surface area (Å²) in [5, 5.41) is 10.8. The molecule has 0 aliphatic heterocycles. The highest BCUT2D eigenvalue weighted by molar-refractivity contribution is 5.76. The maximum atomic E-state index is 12.3. The van der Waals surface area contributed by atoms with Crippen molar-refractivity contribution in [3.05, 3.63) is 29.1 Å². The van der Waals surface area contributed by atoms with Gasteiger partial charge in [-0.05, 0) is 19.1 Å². The van der Waals surface area contributed by atoms with Crippen molar-refractivity contribution in [3.8, 4) is 0 Å². The van der Waals surface area contributed by atoms with E-state index >= 15 is 0 Å². The summed E-state index contributed by atoms with van der Waals surface area (Å²) >= 11 is 0. The Kier molecular flexibility index (Phi) is 2.73. The van der Waals surface area contributed by atoms with Gasteiger partial charge in [-0.25, -0.2) is 0 Å². The van der Waals surface area contributed by atoms with Gasteiger partial charge in [0.25, 0.3) is 0 Å². The van der Waals surface area contributed by atoms with Crippen molar-refractivity contribution in [2.24, 2.45) is 5.16 Å². The molecule has 1 aromatic heterocycles.